The zero-order valence-electron chi connectivity index (χ0n) is 16.4. The summed E-state index contributed by atoms with van der Waals surface area (Å²) in [7, 11) is 0. The van der Waals surface area contributed by atoms with E-state index in [9.17, 15) is 22.8 Å². The molecule has 1 aromatic carbocycles. The molecule has 0 bridgehead atoms. The lowest BCUT2D eigenvalue weighted by molar-refractivity contribution is -0.218. The van der Waals surface area contributed by atoms with E-state index in [0.717, 1.165) is 5.56 Å². The fourth-order valence-corrected chi connectivity index (χ4v) is 3.86. The number of likely N-dealkylation sites (tertiary alicyclic amines) is 1. The number of ether oxygens (including phenoxy) is 1. The number of alkyl halides is 3. The molecule has 2 heterocycles. The number of nitrogens with one attached hydrogen (secondary N) is 1. The molecule has 0 saturated carbocycles. The third-order valence-electron chi connectivity index (χ3n) is 5.62. The van der Waals surface area contributed by atoms with Crippen LogP contribution in [-0.2, 0) is 20.9 Å². The van der Waals surface area contributed by atoms with Crippen molar-refractivity contribution in [1.82, 2.24) is 15.1 Å². The summed E-state index contributed by atoms with van der Waals surface area (Å²) in [5, 5.41) is 2.33. The molecule has 160 valence electrons. The van der Waals surface area contributed by atoms with Crippen LogP contribution in [0.1, 0.15) is 18.9 Å². The Morgan fingerprint density at radius 1 is 1.17 bits per heavy atom. The Kier molecular flexibility index (Phi) is 6.48. The molecule has 2 aliphatic rings. The highest BCUT2D eigenvalue weighted by Gasteiger charge is 2.63. The summed E-state index contributed by atoms with van der Waals surface area (Å²) in [6, 6.07) is 8.16. The Balaban J connectivity index is 1.68. The number of carbonyl (C=O) groups is 2. The first-order chi connectivity index (χ1) is 13.7. The number of benzene rings is 1. The number of carbonyl (C=O) groups excluding carboxylic acids is 2. The molecule has 2 fully saturated rings. The van der Waals surface area contributed by atoms with Gasteiger partial charge in [-0.1, -0.05) is 30.3 Å². The molecule has 0 aliphatic carbocycles. The summed E-state index contributed by atoms with van der Waals surface area (Å²) in [4.78, 5) is 28.4. The standard InChI is InChI=1S/C20H26F3N3O3/c1-15(17(27)26-9-11-29-12-10-26)24-18(28)19(20(21,22)23)7-8-25(14-19)13-16-5-3-2-4-6-16/h2-6,15H,7-14H2,1H3,(H,24,28). The van der Waals surface area contributed by atoms with E-state index in [1.807, 2.05) is 30.3 Å². The normalized spacial score (nSPS) is 24.3. The third kappa shape index (κ3) is 4.72. The zero-order valence-corrected chi connectivity index (χ0v) is 16.4. The maximum Gasteiger partial charge on any atom is 0.404 e. The minimum Gasteiger partial charge on any atom is -0.378 e. The molecule has 2 saturated heterocycles. The van der Waals surface area contributed by atoms with Crippen LogP contribution in [0.25, 0.3) is 0 Å². The van der Waals surface area contributed by atoms with Gasteiger partial charge in [-0.25, -0.2) is 0 Å². The maximum absolute atomic E-state index is 14.0. The first kappa shape index (κ1) is 21.6. The Morgan fingerprint density at radius 3 is 2.45 bits per heavy atom. The van der Waals surface area contributed by atoms with E-state index in [0.29, 0.717) is 32.8 Å². The highest BCUT2D eigenvalue weighted by Crippen LogP contribution is 2.46. The minimum absolute atomic E-state index is 0.160. The number of hydrogen-bond acceptors (Lipinski definition) is 4. The van der Waals surface area contributed by atoms with Gasteiger partial charge in [0, 0.05) is 26.2 Å². The van der Waals surface area contributed by atoms with Gasteiger partial charge >= 0.3 is 6.18 Å². The van der Waals surface area contributed by atoms with Crippen LogP contribution in [0.3, 0.4) is 0 Å². The first-order valence-electron chi connectivity index (χ1n) is 9.73. The Hall–Kier alpha value is -2.13. The maximum atomic E-state index is 14.0. The molecule has 1 aromatic rings. The number of halogens is 3. The van der Waals surface area contributed by atoms with Crippen LogP contribution in [0.15, 0.2) is 30.3 Å². The third-order valence-corrected chi connectivity index (χ3v) is 5.62. The molecule has 1 N–H and O–H groups in total. The predicted octanol–water partition coefficient (Wildman–Crippen LogP) is 1.80. The molecule has 2 atom stereocenters. The second-order valence-electron chi connectivity index (χ2n) is 7.66. The van der Waals surface area contributed by atoms with Gasteiger partial charge in [-0.2, -0.15) is 13.2 Å². The molecule has 9 heteroatoms. The van der Waals surface area contributed by atoms with E-state index in [1.54, 1.807) is 4.90 Å². The predicted molar refractivity (Wildman–Crippen MR) is 99.8 cm³/mol. The molecule has 2 aliphatic heterocycles. The fourth-order valence-electron chi connectivity index (χ4n) is 3.86. The fraction of sp³-hybridized carbons (Fsp3) is 0.600. The number of amides is 2. The molecule has 2 amide bonds. The van der Waals surface area contributed by atoms with E-state index >= 15 is 0 Å². The highest BCUT2D eigenvalue weighted by molar-refractivity contribution is 5.90. The van der Waals surface area contributed by atoms with Gasteiger partial charge in [0.05, 0.1) is 13.2 Å². The smallest absolute Gasteiger partial charge is 0.378 e. The zero-order chi connectivity index (χ0) is 21.1. The van der Waals surface area contributed by atoms with Gasteiger partial charge < -0.3 is 15.0 Å². The SMILES string of the molecule is CC(NC(=O)C1(C(F)(F)F)CCN(Cc2ccccc2)C1)C(=O)N1CCOCC1. The molecule has 6 nitrogen and oxygen atoms in total. The van der Waals surface area contributed by atoms with Crippen molar-refractivity contribution < 1.29 is 27.5 Å². The molecular formula is C20H26F3N3O3. The molecule has 3 rings (SSSR count). The van der Waals surface area contributed by atoms with Crippen LogP contribution in [0.2, 0.25) is 0 Å². The van der Waals surface area contributed by atoms with Gasteiger partial charge in [0.2, 0.25) is 11.8 Å². The minimum atomic E-state index is -4.70. The van der Waals surface area contributed by atoms with Crippen LogP contribution in [0.5, 0.6) is 0 Å². The van der Waals surface area contributed by atoms with Crippen molar-refractivity contribution in [3.63, 3.8) is 0 Å². The van der Waals surface area contributed by atoms with E-state index in [2.05, 4.69) is 5.32 Å². The van der Waals surface area contributed by atoms with E-state index in [-0.39, 0.29) is 13.0 Å². The van der Waals surface area contributed by atoms with E-state index in [1.165, 1.54) is 11.8 Å². The summed E-state index contributed by atoms with van der Waals surface area (Å²) in [5.41, 5.74) is -1.62. The molecular weight excluding hydrogens is 387 g/mol. The monoisotopic (exact) mass is 413 g/mol. The summed E-state index contributed by atoms with van der Waals surface area (Å²) in [5.74, 6) is -1.52. The highest BCUT2D eigenvalue weighted by atomic mass is 19.4. The van der Waals surface area contributed by atoms with Crippen molar-refractivity contribution in [2.24, 2.45) is 5.41 Å². The van der Waals surface area contributed by atoms with Gasteiger partial charge in [-0.3, -0.25) is 14.5 Å². The number of hydrogen-bond donors (Lipinski definition) is 1. The Bertz CT molecular complexity index is 723. The number of nitrogens with zero attached hydrogens (tertiary/aromatic N) is 2. The Morgan fingerprint density at radius 2 is 1.83 bits per heavy atom. The topological polar surface area (TPSA) is 61.9 Å². The van der Waals surface area contributed by atoms with E-state index < -0.39 is 36.0 Å². The largest absolute Gasteiger partial charge is 0.404 e. The van der Waals surface area contributed by atoms with Crippen LogP contribution in [0, 0.1) is 5.41 Å². The van der Waals surface area contributed by atoms with Crippen LogP contribution < -0.4 is 5.32 Å². The summed E-state index contributed by atoms with van der Waals surface area (Å²) >= 11 is 0. The average Bonchev–Trinajstić information content (AvgIpc) is 3.14. The molecule has 0 aromatic heterocycles. The lowest BCUT2D eigenvalue weighted by Gasteiger charge is -2.33. The van der Waals surface area contributed by atoms with E-state index in [4.69, 9.17) is 4.74 Å². The second kappa shape index (κ2) is 8.71. The van der Waals surface area contributed by atoms with Gasteiger partial charge in [0.1, 0.15) is 6.04 Å². The lowest BCUT2D eigenvalue weighted by Crippen LogP contribution is -2.57. The second-order valence-corrected chi connectivity index (χ2v) is 7.66. The average molecular weight is 413 g/mol. The van der Waals surface area contributed by atoms with Crippen LogP contribution in [-0.4, -0.2) is 73.2 Å². The van der Waals surface area contributed by atoms with Crippen molar-refractivity contribution in [3.8, 4) is 0 Å². The summed E-state index contributed by atoms with van der Waals surface area (Å²) in [6.07, 6.45) is -5.03. The van der Waals surface area contributed by atoms with Gasteiger partial charge in [-0.05, 0) is 25.5 Å². The van der Waals surface area contributed by atoms with Crippen molar-refractivity contribution in [3.05, 3.63) is 35.9 Å². The van der Waals surface area contributed by atoms with Gasteiger partial charge in [-0.15, -0.1) is 0 Å². The summed E-state index contributed by atoms with van der Waals surface area (Å²) in [6.45, 7) is 3.01. The molecule has 0 spiro atoms. The Labute approximate surface area is 168 Å². The molecule has 29 heavy (non-hydrogen) atoms. The quantitative estimate of drug-likeness (QED) is 0.800. The van der Waals surface area contributed by atoms with Crippen molar-refractivity contribution in [2.75, 3.05) is 39.4 Å². The van der Waals surface area contributed by atoms with Crippen molar-refractivity contribution >= 4 is 11.8 Å². The number of rotatable bonds is 5. The van der Waals surface area contributed by atoms with Gasteiger partial charge in [0.15, 0.2) is 5.41 Å². The molecule has 0 radical (unpaired) electrons. The summed E-state index contributed by atoms with van der Waals surface area (Å²) < 4.78 is 47.1. The van der Waals surface area contributed by atoms with Crippen molar-refractivity contribution in [2.45, 2.75) is 32.1 Å². The lowest BCUT2D eigenvalue weighted by atomic mass is 9.84. The first-order valence-corrected chi connectivity index (χ1v) is 9.73. The van der Waals surface area contributed by atoms with Crippen LogP contribution >= 0.6 is 0 Å². The number of morpholine rings is 1. The van der Waals surface area contributed by atoms with Gasteiger partial charge in [0.25, 0.3) is 0 Å². The van der Waals surface area contributed by atoms with Crippen molar-refractivity contribution in [1.29, 1.82) is 0 Å². The molecule has 2 unspecified atom stereocenters. The van der Waals surface area contributed by atoms with Crippen LogP contribution in [0.4, 0.5) is 13.2 Å².